The van der Waals surface area contributed by atoms with Crippen LogP contribution in [0.5, 0.6) is 5.75 Å². The molecule has 1 aromatic carbocycles. The molecule has 5 N–H and O–H groups in total. The Bertz CT molecular complexity index is 530. The number of primary amides is 1. The van der Waals surface area contributed by atoms with Crippen molar-refractivity contribution in [3.63, 3.8) is 0 Å². The number of ether oxygens (including phenoxy) is 1. The lowest BCUT2D eigenvalue weighted by atomic mass is 10.2. The van der Waals surface area contributed by atoms with Gasteiger partial charge in [0.15, 0.2) is 6.61 Å². The van der Waals surface area contributed by atoms with Gasteiger partial charge >= 0.3 is 6.03 Å². The summed E-state index contributed by atoms with van der Waals surface area (Å²) in [6, 6.07) is 5.20. The van der Waals surface area contributed by atoms with Crippen LogP contribution in [-0.4, -0.2) is 37.0 Å². The Morgan fingerprint density at radius 3 is 2.41 bits per heavy atom. The summed E-state index contributed by atoms with van der Waals surface area (Å²) >= 11 is 0. The van der Waals surface area contributed by atoms with E-state index in [9.17, 15) is 14.4 Å². The van der Waals surface area contributed by atoms with Gasteiger partial charge in [0.2, 0.25) is 5.91 Å². The van der Waals surface area contributed by atoms with Gasteiger partial charge in [-0.2, -0.15) is 0 Å². The first-order valence-corrected chi connectivity index (χ1v) is 6.78. The molecular formula is C14H20N4O4. The number of anilines is 1. The number of hydrogen-bond acceptors (Lipinski definition) is 5. The third kappa shape index (κ3) is 6.12. The molecule has 8 heteroatoms. The summed E-state index contributed by atoms with van der Waals surface area (Å²) in [4.78, 5) is 33.4. The Morgan fingerprint density at radius 2 is 1.86 bits per heavy atom. The number of nitrogens with one attached hydrogen (secondary N) is 3. The molecule has 0 spiro atoms. The second-order valence-electron chi connectivity index (χ2n) is 4.49. The summed E-state index contributed by atoms with van der Waals surface area (Å²) in [6.45, 7) is 3.92. The van der Waals surface area contributed by atoms with Crippen LogP contribution in [0.1, 0.15) is 13.8 Å². The SMILES string of the molecule is CCNC(=O)COc1ccc(N[C@H](C)C(=O)NC(N)=O)cc1. The van der Waals surface area contributed by atoms with Crippen molar-refractivity contribution in [3.8, 4) is 5.75 Å². The molecule has 4 amide bonds. The average molecular weight is 308 g/mol. The molecule has 0 fully saturated rings. The molecule has 0 saturated heterocycles. The second-order valence-corrected chi connectivity index (χ2v) is 4.49. The average Bonchev–Trinajstić information content (AvgIpc) is 2.46. The minimum absolute atomic E-state index is 0.0575. The highest BCUT2D eigenvalue weighted by Crippen LogP contribution is 2.16. The van der Waals surface area contributed by atoms with Crippen molar-refractivity contribution in [2.24, 2.45) is 5.73 Å². The van der Waals surface area contributed by atoms with E-state index < -0.39 is 18.0 Å². The summed E-state index contributed by atoms with van der Waals surface area (Å²) in [7, 11) is 0. The highest BCUT2D eigenvalue weighted by atomic mass is 16.5. The van der Waals surface area contributed by atoms with Crippen molar-refractivity contribution < 1.29 is 19.1 Å². The highest BCUT2D eigenvalue weighted by Gasteiger charge is 2.13. The van der Waals surface area contributed by atoms with Gasteiger partial charge in [-0.3, -0.25) is 14.9 Å². The van der Waals surface area contributed by atoms with Crippen molar-refractivity contribution in [3.05, 3.63) is 24.3 Å². The quantitative estimate of drug-likeness (QED) is 0.573. The number of carbonyl (C=O) groups excluding carboxylic acids is 3. The number of rotatable bonds is 7. The maximum atomic E-state index is 11.5. The van der Waals surface area contributed by atoms with E-state index in [-0.39, 0.29) is 12.5 Å². The Labute approximate surface area is 128 Å². The molecule has 1 rings (SSSR count). The van der Waals surface area contributed by atoms with Gasteiger partial charge in [-0.1, -0.05) is 0 Å². The van der Waals surface area contributed by atoms with E-state index in [1.807, 2.05) is 12.2 Å². The Hall–Kier alpha value is -2.77. The van der Waals surface area contributed by atoms with Crippen LogP contribution in [-0.2, 0) is 9.59 Å². The van der Waals surface area contributed by atoms with E-state index in [0.717, 1.165) is 0 Å². The molecule has 22 heavy (non-hydrogen) atoms. The van der Waals surface area contributed by atoms with Crippen molar-refractivity contribution in [1.82, 2.24) is 10.6 Å². The number of benzene rings is 1. The third-order valence-electron chi connectivity index (χ3n) is 2.62. The lowest BCUT2D eigenvalue weighted by molar-refractivity contribution is -0.123. The number of urea groups is 1. The van der Waals surface area contributed by atoms with E-state index in [2.05, 4.69) is 10.6 Å². The van der Waals surface area contributed by atoms with Crippen LogP contribution in [0.4, 0.5) is 10.5 Å². The number of hydrogen-bond donors (Lipinski definition) is 4. The molecular weight excluding hydrogens is 288 g/mol. The van der Waals surface area contributed by atoms with E-state index >= 15 is 0 Å². The van der Waals surface area contributed by atoms with Gasteiger partial charge in [-0.15, -0.1) is 0 Å². The molecule has 0 aliphatic carbocycles. The monoisotopic (exact) mass is 308 g/mol. The zero-order chi connectivity index (χ0) is 16.5. The molecule has 1 aromatic rings. The van der Waals surface area contributed by atoms with Crippen LogP contribution in [0, 0.1) is 0 Å². The molecule has 1 atom stereocenters. The minimum atomic E-state index is -0.896. The molecule has 0 heterocycles. The Kier molecular flexibility index (Phi) is 6.68. The van der Waals surface area contributed by atoms with E-state index in [0.29, 0.717) is 18.0 Å². The maximum absolute atomic E-state index is 11.5. The first-order chi connectivity index (χ1) is 10.4. The Morgan fingerprint density at radius 1 is 1.23 bits per heavy atom. The summed E-state index contributed by atoms with van der Waals surface area (Å²) in [6.07, 6.45) is 0. The lowest BCUT2D eigenvalue weighted by Gasteiger charge is -2.14. The fourth-order valence-electron chi connectivity index (χ4n) is 1.59. The predicted molar refractivity (Wildman–Crippen MR) is 81.4 cm³/mol. The normalized spacial score (nSPS) is 11.2. The molecule has 0 unspecified atom stereocenters. The van der Waals surface area contributed by atoms with Crippen LogP contribution in [0.25, 0.3) is 0 Å². The van der Waals surface area contributed by atoms with Crippen LogP contribution >= 0.6 is 0 Å². The number of amides is 4. The van der Waals surface area contributed by atoms with Gasteiger partial charge in [0, 0.05) is 12.2 Å². The topological polar surface area (TPSA) is 123 Å². The fraction of sp³-hybridized carbons (Fsp3) is 0.357. The molecule has 0 aromatic heterocycles. The molecule has 0 aliphatic heterocycles. The summed E-state index contributed by atoms with van der Waals surface area (Å²) in [5, 5.41) is 7.51. The first kappa shape index (κ1) is 17.3. The molecule has 120 valence electrons. The van der Waals surface area contributed by atoms with Crippen LogP contribution in [0.15, 0.2) is 24.3 Å². The summed E-state index contributed by atoms with van der Waals surface area (Å²) in [5.74, 6) is -0.184. The van der Waals surface area contributed by atoms with E-state index in [4.69, 9.17) is 10.5 Å². The Balaban J connectivity index is 2.49. The molecule has 0 saturated carbocycles. The lowest BCUT2D eigenvalue weighted by Crippen LogP contribution is -2.43. The van der Waals surface area contributed by atoms with Gasteiger partial charge in [-0.25, -0.2) is 4.79 Å². The van der Waals surface area contributed by atoms with Crippen LogP contribution in [0.2, 0.25) is 0 Å². The molecule has 8 nitrogen and oxygen atoms in total. The van der Waals surface area contributed by atoms with E-state index in [1.54, 1.807) is 31.2 Å². The first-order valence-electron chi connectivity index (χ1n) is 6.78. The second kappa shape index (κ2) is 8.50. The number of carbonyl (C=O) groups is 3. The minimum Gasteiger partial charge on any atom is -0.484 e. The van der Waals surface area contributed by atoms with Gasteiger partial charge < -0.3 is 21.1 Å². The highest BCUT2D eigenvalue weighted by molar-refractivity contribution is 5.97. The number of nitrogens with two attached hydrogens (primary N) is 1. The van der Waals surface area contributed by atoms with E-state index in [1.165, 1.54) is 0 Å². The zero-order valence-electron chi connectivity index (χ0n) is 12.5. The van der Waals surface area contributed by atoms with Crippen LogP contribution < -0.4 is 26.4 Å². The number of likely N-dealkylation sites (N-methyl/N-ethyl adjacent to an activating group) is 1. The fourth-order valence-corrected chi connectivity index (χ4v) is 1.59. The third-order valence-corrected chi connectivity index (χ3v) is 2.62. The molecule has 0 aliphatic rings. The number of imide groups is 1. The van der Waals surface area contributed by atoms with Gasteiger partial charge in [0.05, 0.1) is 0 Å². The van der Waals surface area contributed by atoms with Crippen molar-refractivity contribution in [1.29, 1.82) is 0 Å². The van der Waals surface area contributed by atoms with Gasteiger partial charge in [0.25, 0.3) is 5.91 Å². The molecule has 0 bridgehead atoms. The van der Waals surface area contributed by atoms with Crippen LogP contribution in [0.3, 0.4) is 0 Å². The van der Waals surface area contributed by atoms with Crippen molar-refractivity contribution in [2.75, 3.05) is 18.5 Å². The smallest absolute Gasteiger partial charge is 0.318 e. The maximum Gasteiger partial charge on any atom is 0.318 e. The summed E-state index contributed by atoms with van der Waals surface area (Å²) in [5.41, 5.74) is 5.54. The van der Waals surface area contributed by atoms with Gasteiger partial charge in [0.1, 0.15) is 11.8 Å². The predicted octanol–water partition coefficient (Wildman–Crippen LogP) is 0.197. The standard InChI is InChI=1S/C14H20N4O4/c1-3-16-12(19)8-22-11-6-4-10(5-7-11)17-9(2)13(20)18-14(15)21/h4-7,9,17H,3,8H2,1-2H3,(H,16,19)(H3,15,18,20,21)/t9-/m1/s1. The van der Waals surface area contributed by atoms with Crippen molar-refractivity contribution >= 4 is 23.5 Å². The zero-order valence-corrected chi connectivity index (χ0v) is 12.5. The van der Waals surface area contributed by atoms with Gasteiger partial charge in [-0.05, 0) is 38.1 Å². The molecule has 0 radical (unpaired) electrons. The largest absolute Gasteiger partial charge is 0.484 e. The summed E-state index contributed by atoms with van der Waals surface area (Å²) < 4.78 is 5.30. The van der Waals surface area contributed by atoms with Crippen molar-refractivity contribution in [2.45, 2.75) is 19.9 Å².